The number of nitrogens with one attached hydrogen (secondary N) is 1. The summed E-state index contributed by atoms with van der Waals surface area (Å²) in [4.78, 5) is 12.0. The summed E-state index contributed by atoms with van der Waals surface area (Å²) in [6.07, 6.45) is 0.239. The van der Waals surface area contributed by atoms with Crippen LogP contribution >= 0.6 is 0 Å². The highest BCUT2D eigenvalue weighted by Gasteiger charge is 2.22. The minimum atomic E-state index is -0.605. The number of hydrogen-bond donors (Lipinski definition) is 2. The van der Waals surface area contributed by atoms with Gasteiger partial charge in [0.15, 0.2) is 6.10 Å². The fourth-order valence-corrected chi connectivity index (χ4v) is 1.58. The van der Waals surface area contributed by atoms with Crippen LogP contribution in [0.2, 0.25) is 0 Å². The number of hydrogen-bond acceptors (Lipinski definition) is 3. The molecule has 1 atom stereocenters. The van der Waals surface area contributed by atoms with Crippen LogP contribution in [0.25, 0.3) is 0 Å². The molecule has 0 saturated carbocycles. The van der Waals surface area contributed by atoms with Crippen molar-refractivity contribution in [3.8, 4) is 11.5 Å². The molecule has 0 spiro atoms. The molecule has 0 heterocycles. The van der Waals surface area contributed by atoms with Crippen LogP contribution in [0.15, 0.2) is 18.2 Å². The first kappa shape index (κ1) is 15.3. The normalized spacial score (nSPS) is 12.9. The fourth-order valence-electron chi connectivity index (χ4n) is 1.58. The Morgan fingerprint density at radius 1 is 1.42 bits per heavy atom. The number of rotatable bonds is 5. The van der Waals surface area contributed by atoms with Gasteiger partial charge in [0.25, 0.3) is 5.91 Å². The van der Waals surface area contributed by atoms with E-state index >= 15 is 0 Å². The molecule has 4 nitrogen and oxygen atoms in total. The van der Waals surface area contributed by atoms with Gasteiger partial charge in [0.1, 0.15) is 11.5 Å². The van der Waals surface area contributed by atoms with Crippen LogP contribution in [0.4, 0.5) is 0 Å². The molecule has 0 saturated heterocycles. The van der Waals surface area contributed by atoms with Crippen LogP contribution in [0.3, 0.4) is 0 Å². The summed E-state index contributed by atoms with van der Waals surface area (Å²) in [6.45, 7) is 9.51. The molecule has 1 aromatic rings. The monoisotopic (exact) mass is 265 g/mol. The van der Waals surface area contributed by atoms with E-state index in [4.69, 9.17) is 4.74 Å². The van der Waals surface area contributed by atoms with Crippen molar-refractivity contribution >= 4 is 5.91 Å². The molecule has 0 bridgehead atoms. The molecule has 0 aromatic heterocycles. The van der Waals surface area contributed by atoms with Crippen molar-refractivity contribution in [1.82, 2.24) is 5.32 Å². The number of phenols is 1. The molecule has 19 heavy (non-hydrogen) atoms. The summed E-state index contributed by atoms with van der Waals surface area (Å²) in [5.74, 6) is 0.471. The third-order valence-corrected chi connectivity index (χ3v) is 3.06. The van der Waals surface area contributed by atoms with Crippen molar-refractivity contribution in [2.24, 2.45) is 0 Å². The molecule has 2 N–H and O–H groups in total. The Morgan fingerprint density at radius 3 is 2.58 bits per heavy atom. The van der Waals surface area contributed by atoms with E-state index < -0.39 is 6.10 Å². The molecular formula is C15H23NO3. The zero-order valence-corrected chi connectivity index (χ0v) is 12.3. The largest absolute Gasteiger partial charge is 0.508 e. The highest BCUT2D eigenvalue weighted by Crippen LogP contribution is 2.22. The van der Waals surface area contributed by atoms with E-state index in [-0.39, 0.29) is 17.2 Å². The van der Waals surface area contributed by atoms with Crippen molar-refractivity contribution < 1.29 is 14.6 Å². The molecule has 4 heteroatoms. The van der Waals surface area contributed by atoms with E-state index in [0.717, 1.165) is 12.0 Å². The summed E-state index contributed by atoms with van der Waals surface area (Å²) in [6, 6.07) is 4.92. The van der Waals surface area contributed by atoms with Gasteiger partial charge in [-0.05, 0) is 51.8 Å². The first-order valence-electron chi connectivity index (χ1n) is 6.53. The first-order chi connectivity index (χ1) is 8.73. The number of carbonyl (C=O) groups is 1. The lowest BCUT2D eigenvalue weighted by Crippen LogP contribution is -2.48. The third kappa shape index (κ3) is 4.81. The molecule has 0 aliphatic rings. The van der Waals surface area contributed by atoms with Gasteiger partial charge in [-0.15, -0.1) is 0 Å². The standard InChI is InChI=1S/C15H23NO3/c1-6-15(4,5)16-14(18)11(3)19-13-8-10(2)7-12(17)9-13/h7-9,11,17H,6H2,1-5H3,(H,16,18). The molecule has 1 rings (SSSR count). The number of benzene rings is 1. The second-order valence-electron chi connectivity index (χ2n) is 5.49. The van der Waals surface area contributed by atoms with Crippen LogP contribution in [0.1, 0.15) is 39.7 Å². The van der Waals surface area contributed by atoms with E-state index in [2.05, 4.69) is 5.32 Å². The highest BCUT2D eigenvalue weighted by molar-refractivity contribution is 5.81. The van der Waals surface area contributed by atoms with Gasteiger partial charge < -0.3 is 15.2 Å². The Kier molecular flexibility index (Phi) is 4.81. The third-order valence-electron chi connectivity index (χ3n) is 3.06. The highest BCUT2D eigenvalue weighted by atomic mass is 16.5. The molecule has 0 fully saturated rings. The van der Waals surface area contributed by atoms with Crippen molar-refractivity contribution in [3.63, 3.8) is 0 Å². The van der Waals surface area contributed by atoms with Crippen molar-refractivity contribution in [3.05, 3.63) is 23.8 Å². The smallest absolute Gasteiger partial charge is 0.261 e. The average Bonchev–Trinajstić information content (AvgIpc) is 2.26. The molecule has 1 unspecified atom stereocenters. The van der Waals surface area contributed by atoms with Gasteiger partial charge in [-0.3, -0.25) is 4.79 Å². The second kappa shape index (κ2) is 5.95. The van der Waals surface area contributed by atoms with Gasteiger partial charge >= 0.3 is 0 Å². The SMILES string of the molecule is CCC(C)(C)NC(=O)C(C)Oc1cc(C)cc(O)c1. The summed E-state index contributed by atoms with van der Waals surface area (Å²) >= 11 is 0. The predicted octanol–water partition coefficient (Wildman–Crippen LogP) is 2.77. The van der Waals surface area contributed by atoms with Crippen LogP contribution < -0.4 is 10.1 Å². The number of phenolic OH excluding ortho intramolecular Hbond substituents is 1. The second-order valence-corrected chi connectivity index (χ2v) is 5.49. The van der Waals surface area contributed by atoms with E-state index in [1.807, 2.05) is 27.7 Å². The molecule has 0 radical (unpaired) electrons. The topological polar surface area (TPSA) is 58.6 Å². The van der Waals surface area contributed by atoms with Crippen molar-refractivity contribution in [2.75, 3.05) is 0 Å². The zero-order valence-electron chi connectivity index (χ0n) is 12.3. The lowest BCUT2D eigenvalue weighted by atomic mass is 10.0. The van der Waals surface area contributed by atoms with Crippen molar-refractivity contribution in [2.45, 2.75) is 52.7 Å². The summed E-state index contributed by atoms with van der Waals surface area (Å²) < 4.78 is 5.56. The molecule has 106 valence electrons. The van der Waals surface area contributed by atoms with Crippen LogP contribution in [-0.2, 0) is 4.79 Å². The van der Waals surface area contributed by atoms with Crippen LogP contribution in [-0.4, -0.2) is 22.7 Å². The lowest BCUT2D eigenvalue weighted by molar-refractivity contribution is -0.129. The number of aryl methyl sites for hydroxylation is 1. The van der Waals surface area contributed by atoms with E-state index in [9.17, 15) is 9.90 Å². The maximum absolute atomic E-state index is 12.0. The fraction of sp³-hybridized carbons (Fsp3) is 0.533. The lowest BCUT2D eigenvalue weighted by Gasteiger charge is -2.26. The zero-order chi connectivity index (χ0) is 14.6. The van der Waals surface area contributed by atoms with E-state index in [1.54, 1.807) is 19.1 Å². The summed E-state index contributed by atoms with van der Waals surface area (Å²) in [5.41, 5.74) is 0.639. The predicted molar refractivity (Wildman–Crippen MR) is 75.4 cm³/mol. The number of carbonyl (C=O) groups excluding carboxylic acids is 1. The average molecular weight is 265 g/mol. The number of aromatic hydroxyl groups is 1. The maximum atomic E-state index is 12.0. The maximum Gasteiger partial charge on any atom is 0.261 e. The van der Waals surface area contributed by atoms with Gasteiger partial charge in [-0.25, -0.2) is 0 Å². The van der Waals surface area contributed by atoms with Crippen molar-refractivity contribution in [1.29, 1.82) is 0 Å². The van der Waals surface area contributed by atoms with E-state index in [1.165, 1.54) is 6.07 Å². The van der Waals surface area contributed by atoms with Gasteiger partial charge in [-0.2, -0.15) is 0 Å². The minimum absolute atomic E-state index is 0.136. The summed E-state index contributed by atoms with van der Waals surface area (Å²) in [5, 5.41) is 12.4. The minimum Gasteiger partial charge on any atom is -0.508 e. The molecule has 0 aliphatic heterocycles. The Bertz CT molecular complexity index is 434. The Labute approximate surface area is 114 Å². The quantitative estimate of drug-likeness (QED) is 0.860. The van der Waals surface area contributed by atoms with Gasteiger partial charge in [0.2, 0.25) is 0 Å². The molecule has 1 aromatic carbocycles. The summed E-state index contributed by atoms with van der Waals surface area (Å²) in [7, 11) is 0. The van der Waals surface area contributed by atoms with Crippen LogP contribution in [0.5, 0.6) is 11.5 Å². The van der Waals surface area contributed by atoms with Gasteiger partial charge in [0, 0.05) is 11.6 Å². The molecular weight excluding hydrogens is 242 g/mol. The molecule has 1 amide bonds. The Balaban J connectivity index is 2.68. The van der Waals surface area contributed by atoms with Gasteiger partial charge in [0.05, 0.1) is 0 Å². The Morgan fingerprint density at radius 2 is 2.05 bits per heavy atom. The molecule has 0 aliphatic carbocycles. The Hall–Kier alpha value is -1.71. The first-order valence-corrected chi connectivity index (χ1v) is 6.53. The number of amides is 1. The van der Waals surface area contributed by atoms with Gasteiger partial charge in [-0.1, -0.05) is 6.92 Å². The number of ether oxygens (including phenoxy) is 1. The van der Waals surface area contributed by atoms with E-state index in [0.29, 0.717) is 5.75 Å². The van der Waals surface area contributed by atoms with Crippen LogP contribution in [0, 0.1) is 6.92 Å².